The van der Waals surface area contributed by atoms with E-state index in [4.69, 9.17) is 16.9 Å². The molecule has 2 rings (SSSR count). The quantitative estimate of drug-likeness (QED) is 0.859. The summed E-state index contributed by atoms with van der Waals surface area (Å²) in [4.78, 5) is 0.0823. The molecule has 5 nitrogen and oxygen atoms in total. The van der Waals surface area contributed by atoms with Crippen molar-refractivity contribution in [3.05, 3.63) is 28.8 Å². The van der Waals surface area contributed by atoms with Gasteiger partial charge in [0.15, 0.2) is 0 Å². The normalized spacial score (nSPS) is 21.7. The second kappa shape index (κ2) is 7.62. The minimum Gasteiger partial charge on any atom is -0.316 e. The molecule has 0 aliphatic carbocycles. The van der Waals surface area contributed by atoms with Gasteiger partial charge >= 0.3 is 0 Å². The molecule has 122 valence electrons. The van der Waals surface area contributed by atoms with Crippen molar-refractivity contribution in [3.8, 4) is 6.07 Å². The van der Waals surface area contributed by atoms with Gasteiger partial charge in [0.05, 0.1) is 15.5 Å². The van der Waals surface area contributed by atoms with Gasteiger partial charge in [0, 0.05) is 13.1 Å². The van der Waals surface area contributed by atoms with Crippen molar-refractivity contribution in [2.75, 3.05) is 19.6 Å². The fourth-order valence-electron chi connectivity index (χ4n) is 2.38. The molecule has 1 unspecified atom stereocenters. The molecule has 0 spiro atoms. The summed E-state index contributed by atoms with van der Waals surface area (Å²) in [6.45, 7) is 4.21. The van der Waals surface area contributed by atoms with Crippen LogP contribution in [0.3, 0.4) is 0 Å². The van der Waals surface area contributed by atoms with Gasteiger partial charge in [0.1, 0.15) is 6.07 Å². The molecule has 1 aliphatic heterocycles. The number of sulfonamides is 1. The van der Waals surface area contributed by atoms with Gasteiger partial charge in [0.25, 0.3) is 0 Å². The highest BCUT2D eigenvalue weighted by molar-refractivity contribution is 7.89. The van der Waals surface area contributed by atoms with E-state index in [1.165, 1.54) is 18.2 Å². The predicted molar refractivity (Wildman–Crippen MR) is 88.8 cm³/mol. The van der Waals surface area contributed by atoms with Crippen LogP contribution >= 0.6 is 24.0 Å². The van der Waals surface area contributed by atoms with Gasteiger partial charge in [-0.15, -0.1) is 12.4 Å². The Morgan fingerprint density at radius 1 is 1.50 bits per heavy atom. The van der Waals surface area contributed by atoms with E-state index in [1.807, 2.05) is 6.07 Å². The van der Waals surface area contributed by atoms with E-state index in [2.05, 4.69) is 17.0 Å². The highest BCUT2D eigenvalue weighted by atomic mass is 35.5. The van der Waals surface area contributed by atoms with Gasteiger partial charge in [-0.1, -0.05) is 18.5 Å². The minimum atomic E-state index is -3.62. The molecule has 0 saturated carbocycles. The third-order valence-corrected chi connectivity index (χ3v) is 5.46. The molecule has 0 aromatic heterocycles. The molecular weight excluding hydrogens is 345 g/mol. The second-order valence-corrected chi connectivity index (χ2v) is 7.84. The van der Waals surface area contributed by atoms with E-state index in [9.17, 15) is 8.42 Å². The van der Waals surface area contributed by atoms with Crippen molar-refractivity contribution >= 4 is 34.0 Å². The van der Waals surface area contributed by atoms with Gasteiger partial charge in [-0.25, -0.2) is 13.1 Å². The van der Waals surface area contributed by atoms with Crippen LogP contribution in [0.25, 0.3) is 0 Å². The van der Waals surface area contributed by atoms with Crippen LogP contribution in [0.2, 0.25) is 5.02 Å². The lowest BCUT2D eigenvalue weighted by molar-refractivity contribution is 0.238. The zero-order valence-electron chi connectivity index (χ0n) is 12.2. The largest absolute Gasteiger partial charge is 0.316 e. The Balaban J connectivity index is 0.00000242. The number of nitrogens with zero attached hydrogens (tertiary/aromatic N) is 1. The summed E-state index contributed by atoms with van der Waals surface area (Å²) in [7, 11) is -3.62. The van der Waals surface area contributed by atoms with Crippen molar-refractivity contribution < 1.29 is 8.42 Å². The van der Waals surface area contributed by atoms with Gasteiger partial charge in [0.2, 0.25) is 10.0 Å². The summed E-state index contributed by atoms with van der Waals surface area (Å²) in [5.74, 6) is 0. The Kier molecular flexibility index (Phi) is 6.65. The Hall–Kier alpha value is -0.840. The first-order chi connectivity index (χ1) is 9.86. The average molecular weight is 364 g/mol. The Morgan fingerprint density at radius 2 is 2.23 bits per heavy atom. The number of nitrogens with one attached hydrogen (secondary N) is 2. The summed E-state index contributed by atoms with van der Waals surface area (Å²) in [6.07, 6.45) is 2.03. The first kappa shape index (κ1) is 19.2. The molecule has 0 bridgehead atoms. The molecule has 1 fully saturated rings. The maximum Gasteiger partial charge on any atom is 0.240 e. The topological polar surface area (TPSA) is 82.0 Å². The number of piperidine rings is 1. The van der Waals surface area contributed by atoms with E-state index < -0.39 is 10.0 Å². The fourth-order valence-corrected chi connectivity index (χ4v) is 3.89. The SMILES string of the molecule is CC1(CNS(=O)(=O)c2ccc(C#N)c(Cl)c2)CCCNC1.Cl. The zero-order chi connectivity index (χ0) is 15.5. The maximum absolute atomic E-state index is 12.3. The highest BCUT2D eigenvalue weighted by Gasteiger charge is 2.28. The molecule has 1 aromatic rings. The highest BCUT2D eigenvalue weighted by Crippen LogP contribution is 2.25. The van der Waals surface area contributed by atoms with Crippen LogP contribution in [0.5, 0.6) is 0 Å². The van der Waals surface area contributed by atoms with Crippen LogP contribution < -0.4 is 10.0 Å². The Labute approximate surface area is 142 Å². The van der Waals surface area contributed by atoms with E-state index in [0.29, 0.717) is 6.54 Å². The summed E-state index contributed by atoms with van der Waals surface area (Å²) < 4.78 is 27.2. The smallest absolute Gasteiger partial charge is 0.240 e. The number of nitriles is 1. The Bertz CT molecular complexity index is 665. The van der Waals surface area contributed by atoms with Crippen molar-refractivity contribution in [3.63, 3.8) is 0 Å². The number of rotatable bonds is 4. The molecule has 1 atom stereocenters. The number of hydrogen-bond acceptors (Lipinski definition) is 4. The number of benzene rings is 1. The lowest BCUT2D eigenvalue weighted by Crippen LogP contribution is -2.45. The van der Waals surface area contributed by atoms with Crippen molar-refractivity contribution in [2.45, 2.75) is 24.7 Å². The summed E-state index contributed by atoms with van der Waals surface area (Å²) in [6, 6.07) is 6.03. The minimum absolute atomic E-state index is 0. The van der Waals surface area contributed by atoms with Crippen molar-refractivity contribution in [1.82, 2.24) is 10.0 Å². The van der Waals surface area contributed by atoms with Crippen molar-refractivity contribution in [1.29, 1.82) is 5.26 Å². The standard InChI is InChI=1S/C14H18ClN3O2S.ClH/c1-14(5-2-6-17-9-14)10-18-21(19,20)12-4-3-11(8-16)13(15)7-12;/h3-4,7,17-18H,2,5-6,9-10H2,1H3;1H. The summed E-state index contributed by atoms with van der Waals surface area (Å²) in [5, 5.41) is 12.2. The average Bonchev–Trinajstić information content (AvgIpc) is 2.46. The first-order valence-corrected chi connectivity index (χ1v) is 8.62. The van der Waals surface area contributed by atoms with Crippen LogP contribution in [0.4, 0.5) is 0 Å². The molecule has 1 aliphatic rings. The van der Waals surface area contributed by atoms with E-state index in [1.54, 1.807) is 0 Å². The van der Waals surface area contributed by atoms with Gasteiger partial charge < -0.3 is 5.32 Å². The summed E-state index contributed by atoms with van der Waals surface area (Å²) >= 11 is 5.89. The van der Waals surface area contributed by atoms with Crippen LogP contribution in [-0.2, 0) is 10.0 Å². The Morgan fingerprint density at radius 3 is 2.77 bits per heavy atom. The zero-order valence-corrected chi connectivity index (χ0v) is 14.6. The van der Waals surface area contributed by atoms with E-state index in [0.717, 1.165) is 25.9 Å². The van der Waals surface area contributed by atoms with Gasteiger partial charge in [-0.3, -0.25) is 0 Å². The molecule has 0 radical (unpaired) electrons. The van der Waals surface area contributed by atoms with Crippen LogP contribution in [0.15, 0.2) is 23.1 Å². The van der Waals surface area contributed by atoms with Crippen LogP contribution in [-0.4, -0.2) is 28.1 Å². The van der Waals surface area contributed by atoms with Gasteiger partial charge in [-0.05, 0) is 43.0 Å². The number of halogens is 2. The molecule has 1 aromatic carbocycles. The van der Waals surface area contributed by atoms with Gasteiger partial charge in [-0.2, -0.15) is 5.26 Å². The molecule has 1 heterocycles. The third kappa shape index (κ3) is 4.58. The van der Waals surface area contributed by atoms with E-state index >= 15 is 0 Å². The molecule has 1 saturated heterocycles. The van der Waals surface area contributed by atoms with E-state index in [-0.39, 0.29) is 33.3 Å². The first-order valence-electron chi connectivity index (χ1n) is 6.76. The number of hydrogen-bond donors (Lipinski definition) is 2. The van der Waals surface area contributed by atoms with Crippen LogP contribution in [0.1, 0.15) is 25.3 Å². The molecule has 2 N–H and O–H groups in total. The van der Waals surface area contributed by atoms with Crippen LogP contribution in [0, 0.1) is 16.7 Å². The summed E-state index contributed by atoms with van der Waals surface area (Å²) in [5.41, 5.74) is 0.181. The lowest BCUT2D eigenvalue weighted by atomic mass is 9.83. The third-order valence-electron chi connectivity index (χ3n) is 3.75. The predicted octanol–water partition coefficient (Wildman–Crippen LogP) is 2.30. The molecule has 8 heteroatoms. The monoisotopic (exact) mass is 363 g/mol. The molecule has 0 amide bonds. The second-order valence-electron chi connectivity index (χ2n) is 5.67. The maximum atomic E-state index is 12.3. The van der Waals surface area contributed by atoms with Crippen molar-refractivity contribution in [2.24, 2.45) is 5.41 Å². The molecular formula is C14H19Cl2N3O2S. The molecule has 22 heavy (non-hydrogen) atoms. The fraction of sp³-hybridized carbons (Fsp3) is 0.500. The lowest BCUT2D eigenvalue weighted by Gasteiger charge is -2.34.